The molecule has 0 aliphatic heterocycles. The topological polar surface area (TPSA) is 12.0 Å². The van der Waals surface area contributed by atoms with Gasteiger partial charge in [0.25, 0.3) is 0 Å². The predicted molar refractivity (Wildman–Crippen MR) is 92.4 cm³/mol. The Balaban J connectivity index is 2.38. The van der Waals surface area contributed by atoms with Crippen molar-refractivity contribution in [1.82, 2.24) is 5.32 Å². The Hall–Kier alpha value is -1.02. The van der Waals surface area contributed by atoms with Crippen LogP contribution in [0.3, 0.4) is 0 Å². The van der Waals surface area contributed by atoms with Crippen molar-refractivity contribution in [3.8, 4) is 0 Å². The van der Waals surface area contributed by atoms with E-state index >= 15 is 0 Å². The Morgan fingerprint density at radius 2 is 1.57 bits per heavy atom. The lowest BCUT2D eigenvalue weighted by atomic mass is 9.96. The molecule has 0 aromatic heterocycles. The second-order valence-electron chi connectivity index (χ2n) is 5.12. The highest BCUT2D eigenvalue weighted by atomic mass is 35.5. The molecule has 0 amide bonds. The van der Waals surface area contributed by atoms with Crippen LogP contribution >= 0.6 is 23.2 Å². The van der Waals surface area contributed by atoms with Crippen LogP contribution in [0.4, 0.5) is 0 Å². The van der Waals surface area contributed by atoms with Crippen molar-refractivity contribution < 1.29 is 0 Å². The molecule has 0 bridgehead atoms. The normalized spacial score (nSPS) is 12.4. The molecule has 2 rings (SSSR count). The smallest absolute Gasteiger partial charge is 0.0606 e. The first-order valence-corrected chi connectivity index (χ1v) is 8.19. The maximum atomic E-state index is 6.37. The van der Waals surface area contributed by atoms with Gasteiger partial charge in [0.05, 0.1) is 6.04 Å². The fourth-order valence-corrected chi connectivity index (χ4v) is 3.16. The van der Waals surface area contributed by atoms with Crippen LogP contribution in [0.1, 0.15) is 43.0 Å². The molecule has 0 spiro atoms. The Kier molecular flexibility index (Phi) is 6.10. The highest BCUT2D eigenvalue weighted by molar-refractivity contribution is 6.36. The number of rotatable bonds is 6. The quantitative estimate of drug-likeness (QED) is 0.725. The van der Waals surface area contributed by atoms with Crippen LogP contribution in [0.2, 0.25) is 10.0 Å². The zero-order valence-electron chi connectivity index (χ0n) is 12.5. The summed E-state index contributed by atoms with van der Waals surface area (Å²) in [6, 6.07) is 14.4. The van der Waals surface area contributed by atoms with E-state index in [4.69, 9.17) is 23.2 Å². The fourth-order valence-electron chi connectivity index (χ4n) is 2.54. The van der Waals surface area contributed by atoms with Crippen LogP contribution < -0.4 is 5.32 Å². The summed E-state index contributed by atoms with van der Waals surface area (Å²) in [4.78, 5) is 0. The molecule has 0 fully saturated rings. The van der Waals surface area contributed by atoms with Crippen LogP contribution in [-0.2, 0) is 6.42 Å². The van der Waals surface area contributed by atoms with Crippen molar-refractivity contribution in [3.05, 3.63) is 69.2 Å². The van der Waals surface area contributed by atoms with Gasteiger partial charge in [0.2, 0.25) is 0 Å². The van der Waals surface area contributed by atoms with E-state index in [1.807, 2.05) is 18.2 Å². The molecule has 0 saturated heterocycles. The van der Waals surface area contributed by atoms with Crippen LogP contribution in [-0.4, -0.2) is 6.54 Å². The molecular weight excluding hydrogens is 301 g/mol. The molecule has 0 radical (unpaired) electrons. The van der Waals surface area contributed by atoms with E-state index in [2.05, 4.69) is 43.4 Å². The molecule has 0 aliphatic rings. The third-order valence-corrected chi connectivity index (χ3v) is 4.21. The van der Waals surface area contributed by atoms with Crippen LogP contribution in [0.15, 0.2) is 42.5 Å². The molecule has 1 N–H and O–H groups in total. The molecule has 3 heteroatoms. The van der Waals surface area contributed by atoms with Gasteiger partial charge in [-0.25, -0.2) is 0 Å². The lowest BCUT2D eigenvalue weighted by molar-refractivity contribution is 0.631. The van der Waals surface area contributed by atoms with Gasteiger partial charge in [0, 0.05) is 15.6 Å². The molecule has 0 heterocycles. The SMILES string of the molecule is CCCc1ccc(C(NCC)c2c(Cl)cccc2Cl)cc1. The Labute approximate surface area is 137 Å². The van der Waals surface area contributed by atoms with Gasteiger partial charge >= 0.3 is 0 Å². The second-order valence-corrected chi connectivity index (χ2v) is 5.93. The average molecular weight is 322 g/mol. The van der Waals surface area contributed by atoms with E-state index in [0.717, 1.165) is 24.9 Å². The van der Waals surface area contributed by atoms with Crippen molar-refractivity contribution >= 4 is 23.2 Å². The van der Waals surface area contributed by atoms with Gasteiger partial charge < -0.3 is 5.32 Å². The van der Waals surface area contributed by atoms with Crippen LogP contribution in [0.5, 0.6) is 0 Å². The van der Waals surface area contributed by atoms with E-state index in [-0.39, 0.29) is 6.04 Å². The maximum Gasteiger partial charge on any atom is 0.0606 e. The Morgan fingerprint density at radius 1 is 0.952 bits per heavy atom. The summed E-state index contributed by atoms with van der Waals surface area (Å²) in [5.41, 5.74) is 3.50. The Morgan fingerprint density at radius 3 is 2.10 bits per heavy atom. The number of nitrogens with one attached hydrogen (secondary N) is 1. The lowest BCUT2D eigenvalue weighted by Gasteiger charge is -2.21. The number of halogens is 2. The van der Waals surface area contributed by atoms with Crippen molar-refractivity contribution in [3.63, 3.8) is 0 Å². The predicted octanol–water partition coefficient (Wildman–Crippen LogP) is 5.64. The van der Waals surface area contributed by atoms with Gasteiger partial charge in [0.15, 0.2) is 0 Å². The Bertz CT molecular complexity index is 558. The van der Waals surface area contributed by atoms with E-state index in [1.54, 1.807) is 0 Å². The molecule has 21 heavy (non-hydrogen) atoms. The average Bonchev–Trinajstić information content (AvgIpc) is 2.47. The van der Waals surface area contributed by atoms with Gasteiger partial charge in [-0.15, -0.1) is 0 Å². The van der Waals surface area contributed by atoms with Crippen LogP contribution in [0, 0.1) is 0 Å². The summed E-state index contributed by atoms with van der Waals surface area (Å²) in [7, 11) is 0. The summed E-state index contributed by atoms with van der Waals surface area (Å²) in [6.45, 7) is 5.13. The number of hydrogen-bond acceptors (Lipinski definition) is 1. The van der Waals surface area contributed by atoms with Gasteiger partial charge in [0.1, 0.15) is 0 Å². The van der Waals surface area contributed by atoms with Gasteiger partial charge in [-0.3, -0.25) is 0 Å². The highest BCUT2D eigenvalue weighted by Crippen LogP contribution is 2.34. The minimum Gasteiger partial charge on any atom is -0.306 e. The molecule has 112 valence electrons. The number of benzene rings is 2. The summed E-state index contributed by atoms with van der Waals surface area (Å²) < 4.78 is 0. The fraction of sp³-hybridized carbons (Fsp3) is 0.333. The molecule has 1 atom stereocenters. The van der Waals surface area contributed by atoms with Crippen LogP contribution in [0.25, 0.3) is 0 Å². The van der Waals surface area contributed by atoms with Crippen molar-refractivity contribution in [2.75, 3.05) is 6.54 Å². The van der Waals surface area contributed by atoms with Crippen molar-refractivity contribution in [1.29, 1.82) is 0 Å². The zero-order valence-corrected chi connectivity index (χ0v) is 14.0. The van der Waals surface area contributed by atoms with E-state index < -0.39 is 0 Å². The number of hydrogen-bond donors (Lipinski definition) is 1. The second kappa shape index (κ2) is 7.84. The monoisotopic (exact) mass is 321 g/mol. The first-order chi connectivity index (χ1) is 10.2. The zero-order chi connectivity index (χ0) is 15.2. The number of aryl methyl sites for hydroxylation is 1. The van der Waals surface area contributed by atoms with Gasteiger partial charge in [-0.1, -0.05) is 73.8 Å². The standard InChI is InChI=1S/C18H21Cl2N/c1-3-6-13-9-11-14(12-10-13)18(21-4-2)17-15(19)7-5-8-16(17)20/h5,7-12,18,21H,3-4,6H2,1-2H3. The molecule has 0 saturated carbocycles. The largest absolute Gasteiger partial charge is 0.306 e. The molecule has 1 unspecified atom stereocenters. The lowest BCUT2D eigenvalue weighted by Crippen LogP contribution is -2.22. The minimum absolute atomic E-state index is 0.0203. The van der Waals surface area contributed by atoms with Gasteiger partial charge in [-0.2, -0.15) is 0 Å². The van der Waals surface area contributed by atoms with E-state index in [9.17, 15) is 0 Å². The summed E-state index contributed by atoms with van der Waals surface area (Å²) in [6.07, 6.45) is 2.27. The van der Waals surface area contributed by atoms with Crippen molar-refractivity contribution in [2.24, 2.45) is 0 Å². The molecule has 1 nitrogen and oxygen atoms in total. The first-order valence-electron chi connectivity index (χ1n) is 7.43. The van der Waals surface area contributed by atoms with E-state index in [0.29, 0.717) is 10.0 Å². The van der Waals surface area contributed by atoms with Gasteiger partial charge in [-0.05, 0) is 36.2 Å². The molecule has 0 aliphatic carbocycles. The third kappa shape index (κ3) is 4.00. The molecular formula is C18H21Cl2N. The molecule has 2 aromatic carbocycles. The first kappa shape index (κ1) is 16.4. The summed E-state index contributed by atoms with van der Waals surface area (Å²) in [5, 5.41) is 4.88. The highest BCUT2D eigenvalue weighted by Gasteiger charge is 2.19. The summed E-state index contributed by atoms with van der Waals surface area (Å²) in [5.74, 6) is 0. The third-order valence-electron chi connectivity index (χ3n) is 3.55. The van der Waals surface area contributed by atoms with E-state index in [1.165, 1.54) is 11.1 Å². The van der Waals surface area contributed by atoms with Crippen molar-refractivity contribution in [2.45, 2.75) is 32.7 Å². The summed E-state index contributed by atoms with van der Waals surface area (Å²) >= 11 is 12.7. The molecule has 2 aromatic rings. The maximum absolute atomic E-state index is 6.37. The minimum atomic E-state index is 0.0203.